The zero-order chi connectivity index (χ0) is 38.5. The quantitative estimate of drug-likeness (QED) is 0.0665. The van der Waals surface area contributed by atoms with Crippen molar-refractivity contribution in [1.82, 2.24) is 23.7 Å². The number of benzene rings is 1. The van der Waals surface area contributed by atoms with E-state index >= 15 is 0 Å². The number of aromatic amines is 1. The molecule has 3 aromatic rings. The molecule has 1 aliphatic rings. The first kappa shape index (κ1) is 43.8. The van der Waals surface area contributed by atoms with Crippen LogP contribution in [0.5, 0.6) is 5.75 Å². The Morgan fingerprint density at radius 3 is 2.41 bits per heavy atom. The van der Waals surface area contributed by atoms with Crippen LogP contribution >= 0.6 is 12.4 Å². The van der Waals surface area contributed by atoms with Crippen molar-refractivity contribution >= 4 is 39.4 Å². The maximum absolute atomic E-state index is 13.9. The van der Waals surface area contributed by atoms with Crippen LogP contribution in [0.15, 0.2) is 34.1 Å². The summed E-state index contributed by atoms with van der Waals surface area (Å²) in [6.07, 6.45) is 2.72. The lowest BCUT2D eigenvalue weighted by Gasteiger charge is -2.33. The molecule has 0 bridgehead atoms. The number of fused-ring (bicyclic) bond motifs is 1. The number of rotatable bonds is 22. The average molecular weight is 804 g/mol. The second kappa shape index (κ2) is 20.8. The smallest absolute Gasteiger partial charge is 0.308 e. The maximum Gasteiger partial charge on any atom is 0.308 e. The molecule has 0 amide bonds. The molecule has 54 heavy (non-hydrogen) atoms. The predicted octanol–water partition coefficient (Wildman–Crippen LogP) is 2.62. The summed E-state index contributed by atoms with van der Waals surface area (Å²) in [7, 11) is -3.95. The number of carbonyl (C=O) groups excluding carboxylic acids is 1. The first-order valence-electron chi connectivity index (χ1n) is 17.3. The molecule has 0 saturated carbocycles. The molecule has 1 aliphatic heterocycles. The van der Waals surface area contributed by atoms with Gasteiger partial charge in [0.1, 0.15) is 30.3 Å². The molecule has 1 fully saturated rings. The van der Waals surface area contributed by atoms with Crippen molar-refractivity contribution in [3.05, 3.63) is 60.5 Å². The van der Waals surface area contributed by atoms with Gasteiger partial charge in [0.2, 0.25) is 10.0 Å². The van der Waals surface area contributed by atoms with E-state index in [-0.39, 0.29) is 61.4 Å². The number of aryl methyl sites for hydroxylation is 2. The van der Waals surface area contributed by atoms with Gasteiger partial charge in [-0.15, -0.1) is 32.6 Å². The molecular weight excluding hydrogens is 758 g/mol. The molecule has 1 unspecified atom stereocenters. The van der Waals surface area contributed by atoms with E-state index in [1.807, 2.05) is 36.4 Å². The summed E-state index contributed by atoms with van der Waals surface area (Å²) in [6.45, 7) is 7.14. The molecule has 1 atom stereocenters. The first-order valence-corrected chi connectivity index (χ1v) is 18.7. The van der Waals surface area contributed by atoms with Gasteiger partial charge in [-0.05, 0) is 43.5 Å². The van der Waals surface area contributed by atoms with E-state index in [0.29, 0.717) is 55.1 Å². The zero-order valence-corrected chi connectivity index (χ0v) is 31.9. The summed E-state index contributed by atoms with van der Waals surface area (Å²) in [5.41, 5.74) is 2.03. The molecule has 1 aromatic carbocycles. The van der Waals surface area contributed by atoms with Gasteiger partial charge in [0.05, 0.1) is 42.2 Å². The summed E-state index contributed by atoms with van der Waals surface area (Å²) < 4.78 is 47.3. The molecule has 4 rings (SSSR count). The third-order valence-electron chi connectivity index (χ3n) is 8.32. The van der Waals surface area contributed by atoms with Crippen LogP contribution in [0.3, 0.4) is 0 Å². The number of nitrogens with zero attached hydrogens (tertiary/aromatic N) is 6. The number of nitrogens with one attached hydrogen (secondary N) is 1. The van der Waals surface area contributed by atoms with Crippen LogP contribution in [0.1, 0.15) is 45.6 Å². The second-order valence-electron chi connectivity index (χ2n) is 12.1. The van der Waals surface area contributed by atoms with Gasteiger partial charge in [0.15, 0.2) is 6.10 Å². The fourth-order valence-corrected chi connectivity index (χ4v) is 7.19. The lowest BCUT2D eigenvalue weighted by atomic mass is 10.1. The molecule has 0 spiro atoms. The summed E-state index contributed by atoms with van der Waals surface area (Å²) in [4.78, 5) is 64.3. The highest BCUT2D eigenvalue weighted by molar-refractivity contribution is 7.89. The highest BCUT2D eigenvalue weighted by atomic mass is 35.5. The van der Waals surface area contributed by atoms with Crippen molar-refractivity contribution in [3.8, 4) is 17.1 Å². The van der Waals surface area contributed by atoms with Crippen LogP contribution in [0.2, 0.25) is 0 Å². The predicted molar refractivity (Wildman–Crippen MR) is 195 cm³/mol. The molecule has 2 aromatic heterocycles. The number of hydrogen-bond acceptors (Lipinski definition) is 15. The highest BCUT2D eigenvalue weighted by Gasteiger charge is 2.30. The number of halogens is 1. The van der Waals surface area contributed by atoms with E-state index in [0.717, 1.165) is 24.8 Å². The molecule has 1 N–H and O–H groups in total. The molecule has 300 valence electrons. The molecule has 3 heterocycles. The number of sulfonamides is 1. The number of piperazine rings is 1. The van der Waals surface area contributed by atoms with Crippen LogP contribution < -0.4 is 10.3 Å². The van der Waals surface area contributed by atoms with Gasteiger partial charge in [-0.3, -0.25) is 14.5 Å². The highest BCUT2D eigenvalue weighted by Crippen LogP contribution is 2.33. The summed E-state index contributed by atoms with van der Waals surface area (Å²) in [5, 5.41) is 18.6. The summed E-state index contributed by atoms with van der Waals surface area (Å²) in [5.74, 6) is 0.0286. The number of esters is 1. The third-order valence-corrected chi connectivity index (χ3v) is 10.2. The van der Waals surface area contributed by atoms with Crippen molar-refractivity contribution in [1.29, 1.82) is 0 Å². The summed E-state index contributed by atoms with van der Waals surface area (Å²) in [6, 6.07) is 4.57. The molecular formula is C32H46ClN7O13S. The number of ether oxygens (including phenoxy) is 3. The van der Waals surface area contributed by atoms with Gasteiger partial charge >= 0.3 is 5.97 Å². The van der Waals surface area contributed by atoms with Gasteiger partial charge in [-0.1, -0.05) is 20.3 Å². The van der Waals surface area contributed by atoms with E-state index in [1.54, 1.807) is 6.07 Å². The van der Waals surface area contributed by atoms with Crippen molar-refractivity contribution in [2.75, 3.05) is 65.8 Å². The van der Waals surface area contributed by atoms with E-state index in [9.17, 15) is 38.2 Å². The Bertz CT molecular complexity index is 1900. The lowest BCUT2D eigenvalue weighted by molar-refractivity contribution is -0.790. The topological polar surface area (TPSA) is 241 Å². The molecule has 22 heteroatoms. The lowest BCUT2D eigenvalue weighted by Crippen LogP contribution is -2.49. The van der Waals surface area contributed by atoms with E-state index in [4.69, 9.17) is 19.2 Å². The third kappa shape index (κ3) is 11.7. The van der Waals surface area contributed by atoms with Crippen molar-refractivity contribution in [2.45, 2.75) is 64.0 Å². The number of H-pyrrole nitrogens is 1. The van der Waals surface area contributed by atoms with Gasteiger partial charge in [0, 0.05) is 45.5 Å². The minimum absolute atomic E-state index is 0. The molecule has 0 aliphatic carbocycles. The Morgan fingerprint density at radius 1 is 1.02 bits per heavy atom. The van der Waals surface area contributed by atoms with Crippen LogP contribution in [-0.4, -0.2) is 120 Å². The van der Waals surface area contributed by atoms with E-state index in [1.165, 1.54) is 16.4 Å². The van der Waals surface area contributed by atoms with Crippen LogP contribution in [0, 0.1) is 20.2 Å². The molecule has 20 nitrogen and oxygen atoms in total. The Labute approximate surface area is 317 Å². The minimum Gasteiger partial charge on any atom is -0.493 e. The zero-order valence-electron chi connectivity index (χ0n) is 30.3. The van der Waals surface area contributed by atoms with Gasteiger partial charge in [0.25, 0.3) is 15.7 Å². The first-order chi connectivity index (χ1) is 25.4. The number of carbonyl (C=O) groups is 1. The SMILES string of the molecule is CCCOc1ccc(S(=O)(=O)N2CCN(CCOC(=O)CCOCC(CO[N+](=O)[O-])O[N+](=O)[O-])CC2)cc1-c1nc2c(CCC)cn(CC)c2c(=O)[nH]1.Cl. The number of hydrogen-bond donors (Lipinski definition) is 1. The Hall–Kier alpha value is -4.57. The standard InChI is InChI=1S/C32H45N7O13S.ClH/c1-4-7-23-20-36(6-3)30-29(23)33-31(34-32(30)41)26-19-25(8-9-27(26)49-16-5-2)53(46,47)37-13-11-35(12-14-37)15-18-50-28(40)10-17-48-21-24(52-39(44)45)22-51-38(42)43;/h8-9,19-20,24H,4-7,10-18,21-22H2,1-3H3,(H,33,34,41);1H. The Kier molecular flexibility index (Phi) is 16.9. The van der Waals surface area contributed by atoms with Crippen LogP contribution in [-0.2, 0) is 46.9 Å². The molecule has 1 saturated heterocycles. The Morgan fingerprint density at radius 2 is 1.76 bits per heavy atom. The van der Waals surface area contributed by atoms with E-state index < -0.39 is 45.5 Å². The van der Waals surface area contributed by atoms with Gasteiger partial charge in [-0.25, -0.2) is 13.4 Å². The maximum atomic E-state index is 13.9. The largest absolute Gasteiger partial charge is 0.493 e. The van der Waals surface area contributed by atoms with Gasteiger partial charge < -0.3 is 33.4 Å². The fourth-order valence-electron chi connectivity index (χ4n) is 5.74. The summed E-state index contributed by atoms with van der Waals surface area (Å²) >= 11 is 0. The van der Waals surface area contributed by atoms with Crippen LogP contribution in [0.25, 0.3) is 22.4 Å². The van der Waals surface area contributed by atoms with Crippen LogP contribution in [0.4, 0.5) is 0 Å². The monoisotopic (exact) mass is 803 g/mol. The number of aromatic nitrogens is 3. The van der Waals surface area contributed by atoms with Crippen molar-refractivity contribution in [3.63, 3.8) is 0 Å². The van der Waals surface area contributed by atoms with Crippen molar-refractivity contribution < 1.29 is 47.3 Å². The minimum atomic E-state index is -3.95. The normalized spacial score (nSPS) is 14.3. The Balaban J connectivity index is 0.00000784. The second-order valence-corrected chi connectivity index (χ2v) is 14.0. The van der Waals surface area contributed by atoms with Gasteiger partial charge in [-0.2, -0.15) is 4.31 Å². The average Bonchev–Trinajstić information content (AvgIpc) is 3.49. The van der Waals surface area contributed by atoms with E-state index in [2.05, 4.69) is 14.7 Å². The van der Waals surface area contributed by atoms with Crippen molar-refractivity contribution in [2.24, 2.45) is 0 Å². The fraction of sp³-hybridized carbons (Fsp3) is 0.594. The molecule has 0 radical (unpaired) electrons.